The van der Waals surface area contributed by atoms with Crippen molar-refractivity contribution in [2.45, 2.75) is 45.3 Å². The van der Waals surface area contributed by atoms with E-state index in [1.165, 1.54) is 6.07 Å². The van der Waals surface area contributed by atoms with Gasteiger partial charge in [0.25, 0.3) is 0 Å². The van der Waals surface area contributed by atoms with Gasteiger partial charge < -0.3 is 4.90 Å². The summed E-state index contributed by atoms with van der Waals surface area (Å²) in [5.74, 6) is -1.74. The number of hydrogen-bond donors (Lipinski definition) is 0. The third-order valence-electron chi connectivity index (χ3n) is 4.90. The number of amides is 1. The van der Waals surface area contributed by atoms with Gasteiger partial charge in [0.1, 0.15) is 11.4 Å². The molecular formula is C18H22F2N4O2. The second kappa shape index (κ2) is 7.90. The quantitative estimate of drug-likeness (QED) is 0.816. The highest BCUT2D eigenvalue weighted by molar-refractivity contribution is 5.76. The summed E-state index contributed by atoms with van der Waals surface area (Å²) in [6, 6.07) is 3.99. The molecule has 8 heteroatoms. The fourth-order valence-corrected chi connectivity index (χ4v) is 3.25. The lowest BCUT2D eigenvalue weighted by Crippen LogP contribution is -2.33. The van der Waals surface area contributed by atoms with Crippen LogP contribution in [0.3, 0.4) is 0 Å². The lowest BCUT2D eigenvalue weighted by Gasteiger charge is -2.26. The molecule has 0 spiro atoms. The van der Waals surface area contributed by atoms with E-state index in [0.717, 1.165) is 36.4 Å². The summed E-state index contributed by atoms with van der Waals surface area (Å²) in [4.78, 5) is 16.3. The van der Waals surface area contributed by atoms with Gasteiger partial charge in [0.2, 0.25) is 5.91 Å². The van der Waals surface area contributed by atoms with Crippen LogP contribution in [0.5, 0.6) is 0 Å². The van der Waals surface area contributed by atoms with Crippen LogP contribution in [0.4, 0.5) is 8.78 Å². The van der Waals surface area contributed by atoms with E-state index >= 15 is 0 Å². The molecule has 26 heavy (non-hydrogen) atoms. The number of hydrogen-bond acceptors (Lipinski definition) is 5. The van der Waals surface area contributed by atoms with Crippen molar-refractivity contribution in [3.63, 3.8) is 0 Å². The first-order valence-electron chi connectivity index (χ1n) is 8.64. The fourth-order valence-electron chi connectivity index (χ4n) is 3.25. The zero-order valence-corrected chi connectivity index (χ0v) is 14.9. The van der Waals surface area contributed by atoms with Gasteiger partial charge in [-0.1, -0.05) is 16.4 Å². The van der Waals surface area contributed by atoms with E-state index in [2.05, 4.69) is 15.2 Å². The molecule has 1 saturated heterocycles. The second-order valence-electron chi connectivity index (χ2n) is 6.76. The van der Waals surface area contributed by atoms with E-state index in [4.69, 9.17) is 4.63 Å². The molecule has 1 unspecified atom stereocenters. The van der Waals surface area contributed by atoms with Crippen LogP contribution in [0.15, 0.2) is 22.8 Å². The Kier molecular flexibility index (Phi) is 5.61. The predicted molar refractivity (Wildman–Crippen MR) is 89.9 cm³/mol. The third-order valence-corrected chi connectivity index (χ3v) is 4.90. The lowest BCUT2D eigenvalue weighted by molar-refractivity contribution is -0.131. The van der Waals surface area contributed by atoms with Gasteiger partial charge in [-0.25, -0.2) is 13.4 Å². The SMILES string of the molecule is Cc1nonc1CN(C)C1CCC(=O)N(Cc2ccc(F)c(F)c2)CC1. The smallest absolute Gasteiger partial charge is 0.222 e. The monoisotopic (exact) mass is 364 g/mol. The number of carbonyl (C=O) groups excluding carboxylic acids is 1. The molecule has 1 aromatic heterocycles. The number of nitrogens with zero attached hydrogens (tertiary/aromatic N) is 4. The van der Waals surface area contributed by atoms with Crippen LogP contribution in [-0.4, -0.2) is 45.7 Å². The Morgan fingerprint density at radius 3 is 2.77 bits per heavy atom. The van der Waals surface area contributed by atoms with Crippen LogP contribution >= 0.6 is 0 Å². The lowest BCUT2D eigenvalue weighted by atomic mass is 10.1. The number of rotatable bonds is 5. The molecule has 1 aliphatic heterocycles. The molecular weight excluding hydrogens is 342 g/mol. The van der Waals surface area contributed by atoms with E-state index in [9.17, 15) is 13.6 Å². The van der Waals surface area contributed by atoms with Crippen molar-refractivity contribution in [3.05, 3.63) is 46.8 Å². The normalized spacial score (nSPS) is 18.4. The molecule has 0 aliphatic carbocycles. The zero-order valence-electron chi connectivity index (χ0n) is 14.9. The van der Waals surface area contributed by atoms with Crippen LogP contribution < -0.4 is 0 Å². The molecule has 1 amide bonds. The number of benzene rings is 1. The molecule has 1 atom stereocenters. The Balaban J connectivity index is 1.61. The molecule has 6 nitrogen and oxygen atoms in total. The van der Waals surface area contributed by atoms with Crippen molar-refractivity contribution in [1.82, 2.24) is 20.1 Å². The number of aromatic nitrogens is 2. The Morgan fingerprint density at radius 1 is 1.27 bits per heavy atom. The maximum Gasteiger partial charge on any atom is 0.222 e. The van der Waals surface area contributed by atoms with Crippen molar-refractivity contribution >= 4 is 5.91 Å². The van der Waals surface area contributed by atoms with Gasteiger partial charge in [-0.15, -0.1) is 0 Å². The largest absolute Gasteiger partial charge is 0.338 e. The molecule has 3 rings (SSSR count). The Morgan fingerprint density at radius 2 is 2.08 bits per heavy atom. The van der Waals surface area contributed by atoms with Crippen molar-refractivity contribution in [2.75, 3.05) is 13.6 Å². The van der Waals surface area contributed by atoms with Gasteiger partial charge in [0.15, 0.2) is 11.6 Å². The molecule has 0 N–H and O–H groups in total. The first-order valence-corrected chi connectivity index (χ1v) is 8.64. The molecule has 2 aromatic rings. The summed E-state index contributed by atoms with van der Waals surface area (Å²) >= 11 is 0. The minimum absolute atomic E-state index is 0.0323. The first-order chi connectivity index (χ1) is 12.4. The highest BCUT2D eigenvalue weighted by Gasteiger charge is 2.26. The summed E-state index contributed by atoms with van der Waals surface area (Å²) in [6.45, 7) is 3.32. The summed E-state index contributed by atoms with van der Waals surface area (Å²) < 4.78 is 31.2. The molecule has 140 valence electrons. The van der Waals surface area contributed by atoms with Crippen LogP contribution in [0.1, 0.15) is 36.2 Å². The van der Waals surface area contributed by atoms with Crippen molar-refractivity contribution < 1.29 is 18.2 Å². The van der Waals surface area contributed by atoms with E-state index in [1.54, 1.807) is 4.90 Å². The van der Waals surface area contributed by atoms with Crippen LogP contribution in [0.2, 0.25) is 0 Å². The molecule has 1 aliphatic rings. The highest BCUT2D eigenvalue weighted by Crippen LogP contribution is 2.21. The molecule has 1 fully saturated rings. The average molecular weight is 364 g/mol. The van der Waals surface area contributed by atoms with Gasteiger partial charge in [0.05, 0.1) is 0 Å². The predicted octanol–water partition coefficient (Wildman–Crippen LogP) is 2.67. The minimum Gasteiger partial charge on any atom is -0.338 e. The van der Waals surface area contributed by atoms with Gasteiger partial charge >= 0.3 is 0 Å². The van der Waals surface area contributed by atoms with E-state index in [0.29, 0.717) is 31.6 Å². The number of carbonyl (C=O) groups is 1. The van der Waals surface area contributed by atoms with Crippen LogP contribution in [0.25, 0.3) is 0 Å². The average Bonchev–Trinajstić information content (AvgIpc) is 2.91. The molecule has 2 heterocycles. The topological polar surface area (TPSA) is 62.5 Å². The zero-order chi connectivity index (χ0) is 18.7. The Hall–Kier alpha value is -2.35. The van der Waals surface area contributed by atoms with Gasteiger partial charge in [-0.05, 0) is 44.5 Å². The minimum atomic E-state index is -0.890. The molecule has 0 radical (unpaired) electrons. The van der Waals surface area contributed by atoms with Gasteiger partial charge in [0, 0.05) is 32.1 Å². The highest BCUT2D eigenvalue weighted by atomic mass is 19.2. The van der Waals surface area contributed by atoms with Gasteiger partial charge in [-0.2, -0.15) is 0 Å². The second-order valence-corrected chi connectivity index (χ2v) is 6.76. The van der Waals surface area contributed by atoms with Crippen LogP contribution in [0, 0.1) is 18.6 Å². The van der Waals surface area contributed by atoms with E-state index in [-0.39, 0.29) is 11.9 Å². The number of halogens is 2. The third kappa shape index (κ3) is 4.24. The van der Waals surface area contributed by atoms with Crippen molar-refractivity contribution in [3.8, 4) is 0 Å². The summed E-state index contributed by atoms with van der Waals surface area (Å²) in [5.41, 5.74) is 2.15. The summed E-state index contributed by atoms with van der Waals surface area (Å²) in [7, 11) is 1.99. The van der Waals surface area contributed by atoms with Crippen molar-refractivity contribution in [2.24, 2.45) is 0 Å². The molecule has 1 aromatic carbocycles. The first kappa shape index (κ1) is 18.4. The van der Waals surface area contributed by atoms with Gasteiger partial charge in [-0.3, -0.25) is 9.69 Å². The maximum atomic E-state index is 13.4. The molecule has 0 bridgehead atoms. The van der Waals surface area contributed by atoms with E-state index in [1.807, 2.05) is 14.0 Å². The standard InChI is InChI=1S/C18H22F2N4O2/c1-12-17(22-26-21-12)11-23(2)14-4-6-18(25)24(8-7-14)10-13-3-5-15(19)16(20)9-13/h3,5,9,14H,4,6-8,10-11H2,1-2H3. The summed E-state index contributed by atoms with van der Waals surface area (Å²) in [6.07, 6.45) is 1.97. The number of likely N-dealkylation sites (tertiary alicyclic amines) is 1. The van der Waals surface area contributed by atoms with E-state index < -0.39 is 11.6 Å². The maximum absolute atomic E-state index is 13.4. The molecule has 0 saturated carbocycles. The Labute approximate surface area is 150 Å². The number of aryl methyl sites for hydroxylation is 1. The van der Waals surface area contributed by atoms with Crippen molar-refractivity contribution in [1.29, 1.82) is 0 Å². The van der Waals surface area contributed by atoms with Crippen LogP contribution in [-0.2, 0) is 17.9 Å². The Bertz CT molecular complexity index is 780. The fraction of sp³-hybridized carbons (Fsp3) is 0.500. The summed E-state index contributed by atoms with van der Waals surface area (Å²) in [5, 5.41) is 7.69.